The number of carbonyl (C=O) groups is 1. The van der Waals surface area contributed by atoms with Gasteiger partial charge in [-0.05, 0) is 55.3 Å². The summed E-state index contributed by atoms with van der Waals surface area (Å²) in [5.74, 6) is 0.398. The van der Waals surface area contributed by atoms with Gasteiger partial charge in [0.2, 0.25) is 0 Å². The van der Waals surface area contributed by atoms with E-state index in [0.717, 1.165) is 22.0 Å². The molecule has 0 unspecified atom stereocenters. The molecule has 1 atom stereocenters. The van der Waals surface area contributed by atoms with Crippen molar-refractivity contribution in [2.75, 3.05) is 20.8 Å². The molecule has 3 heterocycles. The van der Waals surface area contributed by atoms with Crippen LogP contribution in [-0.2, 0) is 16.1 Å². The highest BCUT2D eigenvalue weighted by atomic mass is 79.9. The fraction of sp³-hybridized carbons (Fsp3) is 0.200. The maximum atomic E-state index is 14.3. The first-order valence-corrected chi connectivity index (χ1v) is 16.1. The number of allylic oxidation sites excluding steroid dienone is 1. The summed E-state index contributed by atoms with van der Waals surface area (Å²) in [6.45, 7) is 4.15. The number of ether oxygens (including phenoxy) is 3. The Bertz CT molecular complexity index is 2270. The molecule has 0 saturated carbocycles. The summed E-state index contributed by atoms with van der Waals surface area (Å²) in [5, 5.41) is 10.6. The first kappa shape index (κ1) is 31.1. The van der Waals surface area contributed by atoms with Gasteiger partial charge in [0.15, 0.2) is 16.3 Å². The van der Waals surface area contributed by atoms with Gasteiger partial charge in [-0.25, -0.2) is 9.79 Å². The molecule has 232 valence electrons. The number of hydrogen-bond acceptors (Lipinski definition) is 8. The van der Waals surface area contributed by atoms with Crippen LogP contribution >= 0.6 is 27.3 Å². The zero-order chi connectivity index (χ0) is 32.5. The molecule has 1 aliphatic heterocycles. The Balaban J connectivity index is 1.55. The third kappa shape index (κ3) is 5.44. The van der Waals surface area contributed by atoms with Gasteiger partial charge in [0.25, 0.3) is 5.56 Å². The highest BCUT2D eigenvalue weighted by Gasteiger charge is 2.35. The van der Waals surface area contributed by atoms with Crippen molar-refractivity contribution in [1.29, 1.82) is 5.26 Å². The van der Waals surface area contributed by atoms with Crippen LogP contribution in [0.15, 0.2) is 92.4 Å². The number of methoxy groups -OCH3 is 2. The van der Waals surface area contributed by atoms with Crippen molar-refractivity contribution in [3.8, 4) is 17.6 Å². The van der Waals surface area contributed by atoms with Gasteiger partial charge >= 0.3 is 5.97 Å². The second-order valence-electron chi connectivity index (χ2n) is 10.5. The van der Waals surface area contributed by atoms with Gasteiger partial charge in [0.1, 0.15) is 0 Å². The van der Waals surface area contributed by atoms with Crippen LogP contribution in [0.2, 0.25) is 0 Å². The van der Waals surface area contributed by atoms with Crippen molar-refractivity contribution >= 4 is 50.2 Å². The molecule has 0 bridgehead atoms. The lowest BCUT2D eigenvalue weighted by Gasteiger charge is -2.26. The molecule has 0 amide bonds. The summed E-state index contributed by atoms with van der Waals surface area (Å²) >= 11 is 4.90. The molecule has 46 heavy (non-hydrogen) atoms. The molecular formula is C35H29BrN4O5S. The van der Waals surface area contributed by atoms with Crippen molar-refractivity contribution < 1.29 is 19.0 Å². The zero-order valence-corrected chi connectivity index (χ0v) is 27.9. The van der Waals surface area contributed by atoms with Crippen molar-refractivity contribution in [3.05, 3.63) is 125 Å². The van der Waals surface area contributed by atoms with Crippen LogP contribution in [0.1, 0.15) is 42.1 Å². The van der Waals surface area contributed by atoms with E-state index in [1.807, 2.05) is 60.8 Å². The van der Waals surface area contributed by atoms with E-state index in [1.165, 1.54) is 18.4 Å². The highest BCUT2D eigenvalue weighted by Crippen LogP contribution is 2.40. The lowest BCUT2D eigenvalue weighted by Crippen LogP contribution is -2.40. The number of nitrogens with zero attached hydrogens (tertiary/aromatic N) is 4. The zero-order valence-electron chi connectivity index (χ0n) is 25.5. The molecule has 0 aliphatic carbocycles. The topological polar surface area (TPSA) is 108 Å². The Hall–Kier alpha value is -4.92. The summed E-state index contributed by atoms with van der Waals surface area (Å²) in [4.78, 5) is 32.9. The molecule has 0 spiro atoms. The number of thiazole rings is 1. The molecule has 5 aromatic rings. The Labute approximate surface area is 277 Å². The third-order valence-corrected chi connectivity index (χ3v) is 9.57. The molecule has 0 fully saturated rings. The van der Waals surface area contributed by atoms with E-state index in [4.69, 9.17) is 19.2 Å². The minimum absolute atomic E-state index is 0.169. The molecule has 2 aromatic heterocycles. The van der Waals surface area contributed by atoms with Gasteiger partial charge in [-0.15, -0.1) is 0 Å². The quantitative estimate of drug-likeness (QED) is 0.200. The number of rotatable bonds is 8. The standard InChI is InChI=1S/C35H29BrN4O5S/c1-5-45-34(42)31-20(2)38-35-40(32(31)25-15-28(43-3)29(44-4)16-26(25)36)33(41)30(46-35)14-23-19-39(27-13-9-8-12-24(23)27)18-22-11-7-6-10-21(22)17-37/h6-16,19,32H,5,18H2,1-4H3/b30-14-/t32-/m1/s1. The average molecular weight is 698 g/mol. The van der Waals surface area contributed by atoms with Gasteiger partial charge in [-0.1, -0.05) is 63.7 Å². The van der Waals surface area contributed by atoms with E-state index in [9.17, 15) is 14.9 Å². The molecular weight excluding hydrogens is 668 g/mol. The number of halogens is 1. The highest BCUT2D eigenvalue weighted by molar-refractivity contribution is 9.10. The van der Waals surface area contributed by atoms with E-state index in [1.54, 1.807) is 37.7 Å². The lowest BCUT2D eigenvalue weighted by atomic mass is 9.95. The van der Waals surface area contributed by atoms with E-state index < -0.39 is 12.0 Å². The molecule has 0 radical (unpaired) electrons. The van der Waals surface area contributed by atoms with Gasteiger partial charge in [0.05, 0.1) is 54.3 Å². The number of aromatic nitrogens is 2. The maximum Gasteiger partial charge on any atom is 0.338 e. The summed E-state index contributed by atoms with van der Waals surface area (Å²) in [6, 6.07) is 20.4. The van der Waals surface area contributed by atoms with Crippen molar-refractivity contribution in [2.24, 2.45) is 4.99 Å². The van der Waals surface area contributed by atoms with Crippen LogP contribution in [-0.4, -0.2) is 35.9 Å². The minimum Gasteiger partial charge on any atom is -0.493 e. The number of fused-ring (bicyclic) bond motifs is 2. The number of para-hydroxylation sites is 1. The Morgan fingerprint density at radius 2 is 1.83 bits per heavy atom. The summed E-state index contributed by atoms with van der Waals surface area (Å²) in [6.07, 6.45) is 3.86. The maximum absolute atomic E-state index is 14.3. The molecule has 11 heteroatoms. The molecule has 0 saturated heterocycles. The fourth-order valence-electron chi connectivity index (χ4n) is 5.78. The van der Waals surface area contributed by atoms with Crippen LogP contribution in [0.25, 0.3) is 17.0 Å². The third-order valence-electron chi connectivity index (χ3n) is 7.90. The SMILES string of the molecule is CCOC(=O)C1=C(C)N=c2s/c(=C\c3cn(Cc4ccccc4C#N)c4ccccc34)c(=O)n2[C@@H]1c1cc(OC)c(OC)cc1Br. The van der Waals surface area contributed by atoms with E-state index in [-0.39, 0.29) is 17.7 Å². The Kier molecular flexibility index (Phi) is 8.67. The van der Waals surface area contributed by atoms with Gasteiger partial charge < -0.3 is 18.8 Å². The van der Waals surface area contributed by atoms with E-state index >= 15 is 0 Å². The van der Waals surface area contributed by atoms with Gasteiger partial charge in [0, 0.05) is 33.7 Å². The first-order chi connectivity index (χ1) is 22.3. The molecule has 1 aliphatic rings. The smallest absolute Gasteiger partial charge is 0.338 e. The fourth-order valence-corrected chi connectivity index (χ4v) is 7.35. The Morgan fingerprint density at radius 1 is 1.11 bits per heavy atom. The van der Waals surface area contributed by atoms with Gasteiger partial charge in [-0.3, -0.25) is 9.36 Å². The van der Waals surface area contributed by atoms with Gasteiger partial charge in [-0.2, -0.15) is 5.26 Å². The van der Waals surface area contributed by atoms with Crippen LogP contribution in [0.4, 0.5) is 0 Å². The van der Waals surface area contributed by atoms with Crippen LogP contribution in [0.3, 0.4) is 0 Å². The average Bonchev–Trinajstić information content (AvgIpc) is 3.56. The number of carbonyl (C=O) groups excluding carboxylic acids is 1. The van der Waals surface area contributed by atoms with E-state index in [2.05, 4.69) is 26.6 Å². The van der Waals surface area contributed by atoms with Crippen LogP contribution in [0.5, 0.6) is 11.5 Å². The summed E-state index contributed by atoms with van der Waals surface area (Å²) in [7, 11) is 3.07. The first-order valence-electron chi connectivity index (χ1n) is 14.5. The number of nitriles is 1. The second kappa shape index (κ2) is 12.8. The Morgan fingerprint density at radius 3 is 2.57 bits per heavy atom. The molecule has 6 rings (SSSR count). The van der Waals surface area contributed by atoms with E-state index in [0.29, 0.717) is 48.7 Å². The molecule has 0 N–H and O–H groups in total. The van der Waals surface area contributed by atoms with Crippen LogP contribution in [0, 0.1) is 11.3 Å². The number of esters is 1. The summed E-state index contributed by atoms with van der Waals surface area (Å²) in [5.41, 5.74) is 4.39. The van der Waals surface area contributed by atoms with Crippen molar-refractivity contribution in [2.45, 2.75) is 26.4 Å². The lowest BCUT2D eigenvalue weighted by molar-refractivity contribution is -0.139. The molecule has 9 nitrogen and oxygen atoms in total. The predicted molar refractivity (Wildman–Crippen MR) is 180 cm³/mol. The van der Waals surface area contributed by atoms with Crippen molar-refractivity contribution in [1.82, 2.24) is 9.13 Å². The predicted octanol–water partition coefficient (Wildman–Crippen LogP) is 5.45. The normalized spacial score (nSPS) is 14.5. The van der Waals surface area contributed by atoms with Crippen molar-refractivity contribution in [3.63, 3.8) is 0 Å². The number of hydrogen-bond donors (Lipinski definition) is 0. The summed E-state index contributed by atoms with van der Waals surface area (Å²) < 4.78 is 21.2. The minimum atomic E-state index is -0.838. The van der Waals surface area contributed by atoms with Crippen LogP contribution < -0.4 is 24.4 Å². The number of benzene rings is 3. The largest absolute Gasteiger partial charge is 0.493 e. The second-order valence-corrected chi connectivity index (χ2v) is 12.4. The molecule has 3 aromatic carbocycles. The monoisotopic (exact) mass is 696 g/mol.